The number of nitrogens with one attached hydrogen (secondary N) is 1. The molecule has 0 aliphatic heterocycles. The zero-order valence-electron chi connectivity index (χ0n) is 20.5. The second-order valence-corrected chi connectivity index (χ2v) is 11.0. The van der Waals surface area contributed by atoms with Crippen molar-refractivity contribution in [1.82, 2.24) is 14.6 Å². The number of benzene rings is 2. The molecular formula is C27H24N4O3S3. The summed E-state index contributed by atoms with van der Waals surface area (Å²) in [4.78, 5) is 26.6. The first-order valence-electron chi connectivity index (χ1n) is 11.6. The van der Waals surface area contributed by atoms with E-state index in [1.807, 2.05) is 77.5 Å². The Kier molecular flexibility index (Phi) is 7.40. The van der Waals surface area contributed by atoms with Crippen LogP contribution in [0.4, 0.5) is 5.00 Å². The van der Waals surface area contributed by atoms with E-state index in [0.29, 0.717) is 15.7 Å². The summed E-state index contributed by atoms with van der Waals surface area (Å²) < 4.78 is 7.29. The van der Waals surface area contributed by atoms with Crippen molar-refractivity contribution in [2.24, 2.45) is 0 Å². The minimum Gasteiger partial charge on any atom is -0.462 e. The van der Waals surface area contributed by atoms with Crippen LogP contribution in [-0.2, 0) is 9.53 Å². The molecule has 3 aromatic heterocycles. The molecule has 0 atom stereocenters. The quantitative estimate of drug-likeness (QED) is 0.171. The third kappa shape index (κ3) is 5.18. The molecule has 0 unspecified atom stereocenters. The number of fused-ring (bicyclic) bond motifs is 1. The van der Waals surface area contributed by atoms with Crippen molar-refractivity contribution >= 4 is 56.3 Å². The fourth-order valence-corrected chi connectivity index (χ4v) is 6.48. The van der Waals surface area contributed by atoms with Gasteiger partial charge in [-0.3, -0.25) is 9.20 Å². The number of aromatic nitrogens is 3. The standard InChI is InChI=1S/C27H24N4O3S3/c1-4-34-25(33)23-20(19-11-10-16(2)17(3)12-19)13-35-24(23)28-22(32)15-37-27-30-29-26-31(27)21(14-36-26)18-8-6-5-7-9-18/h5-14H,4,15H2,1-3H3,(H,28,32). The van der Waals surface area contributed by atoms with Crippen molar-refractivity contribution in [2.75, 3.05) is 17.7 Å². The lowest BCUT2D eigenvalue weighted by molar-refractivity contribution is -0.113. The second-order valence-electron chi connectivity index (χ2n) is 8.30. The Labute approximate surface area is 226 Å². The lowest BCUT2D eigenvalue weighted by Gasteiger charge is -2.10. The molecule has 3 heterocycles. The van der Waals surface area contributed by atoms with Crippen LogP contribution >= 0.6 is 34.4 Å². The summed E-state index contributed by atoms with van der Waals surface area (Å²) in [7, 11) is 0. The van der Waals surface area contributed by atoms with Gasteiger partial charge in [0, 0.05) is 16.3 Å². The number of ether oxygens (including phenoxy) is 1. The van der Waals surface area contributed by atoms with E-state index in [1.165, 1.54) is 40.0 Å². The maximum absolute atomic E-state index is 13.0. The largest absolute Gasteiger partial charge is 0.462 e. The highest BCUT2D eigenvalue weighted by molar-refractivity contribution is 7.99. The maximum Gasteiger partial charge on any atom is 0.341 e. The number of amides is 1. The van der Waals surface area contributed by atoms with Crippen LogP contribution in [0, 0.1) is 13.8 Å². The Balaban J connectivity index is 1.37. The predicted molar refractivity (Wildman–Crippen MR) is 151 cm³/mol. The monoisotopic (exact) mass is 548 g/mol. The van der Waals surface area contributed by atoms with Crippen molar-refractivity contribution in [3.05, 3.63) is 76.0 Å². The Morgan fingerprint density at radius 1 is 1.00 bits per heavy atom. The first-order chi connectivity index (χ1) is 18.0. The number of hydrogen-bond donors (Lipinski definition) is 1. The van der Waals surface area contributed by atoms with Gasteiger partial charge in [0.2, 0.25) is 10.9 Å². The molecule has 0 spiro atoms. The Hall–Kier alpha value is -3.47. The maximum atomic E-state index is 13.0. The van der Waals surface area contributed by atoms with Gasteiger partial charge in [-0.1, -0.05) is 60.3 Å². The molecule has 0 radical (unpaired) electrons. The van der Waals surface area contributed by atoms with E-state index in [2.05, 4.69) is 15.5 Å². The van der Waals surface area contributed by atoms with Crippen molar-refractivity contribution < 1.29 is 14.3 Å². The van der Waals surface area contributed by atoms with Gasteiger partial charge in [0.25, 0.3) is 0 Å². The molecule has 0 bridgehead atoms. The third-order valence-electron chi connectivity index (χ3n) is 5.86. The van der Waals surface area contributed by atoms with Crippen LogP contribution < -0.4 is 5.32 Å². The molecule has 1 amide bonds. The number of thioether (sulfide) groups is 1. The van der Waals surface area contributed by atoms with Crippen LogP contribution in [0.3, 0.4) is 0 Å². The molecule has 1 N–H and O–H groups in total. The van der Waals surface area contributed by atoms with Gasteiger partial charge >= 0.3 is 5.97 Å². The van der Waals surface area contributed by atoms with Gasteiger partial charge in [0.1, 0.15) is 10.6 Å². The molecule has 0 fully saturated rings. The fourth-order valence-electron chi connectivity index (χ4n) is 3.87. The molecule has 0 aliphatic rings. The lowest BCUT2D eigenvalue weighted by Crippen LogP contribution is -2.16. The first-order valence-corrected chi connectivity index (χ1v) is 14.4. The second kappa shape index (κ2) is 10.9. The number of hydrogen-bond acceptors (Lipinski definition) is 8. The summed E-state index contributed by atoms with van der Waals surface area (Å²) >= 11 is 4.12. The molecule has 0 saturated carbocycles. The van der Waals surface area contributed by atoms with Gasteiger partial charge in [-0.25, -0.2) is 4.79 Å². The summed E-state index contributed by atoms with van der Waals surface area (Å²) in [6, 6.07) is 16.1. The summed E-state index contributed by atoms with van der Waals surface area (Å²) in [5, 5.41) is 16.5. The van der Waals surface area contributed by atoms with Gasteiger partial charge in [-0.15, -0.1) is 32.9 Å². The Morgan fingerprint density at radius 3 is 2.57 bits per heavy atom. The molecule has 188 valence electrons. The smallest absolute Gasteiger partial charge is 0.341 e. The average Bonchev–Trinajstić information content (AvgIpc) is 3.61. The number of rotatable bonds is 8. The van der Waals surface area contributed by atoms with Crippen LogP contribution in [-0.4, -0.2) is 38.8 Å². The van der Waals surface area contributed by atoms with Crippen LogP contribution in [0.15, 0.2) is 64.4 Å². The topological polar surface area (TPSA) is 85.6 Å². The van der Waals surface area contributed by atoms with Gasteiger partial charge in [0.15, 0.2) is 5.16 Å². The number of carbonyl (C=O) groups excluding carboxylic acids is 2. The van der Waals surface area contributed by atoms with Crippen LogP contribution in [0.2, 0.25) is 0 Å². The van der Waals surface area contributed by atoms with Crippen molar-refractivity contribution in [3.8, 4) is 22.4 Å². The van der Waals surface area contributed by atoms with Crippen LogP contribution in [0.1, 0.15) is 28.4 Å². The molecule has 7 nitrogen and oxygen atoms in total. The van der Waals surface area contributed by atoms with E-state index in [0.717, 1.165) is 32.9 Å². The number of thiophene rings is 1. The van der Waals surface area contributed by atoms with Gasteiger partial charge < -0.3 is 10.1 Å². The minimum atomic E-state index is -0.454. The summed E-state index contributed by atoms with van der Waals surface area (Å²) in [5.74, 6) is -0.577. The molecule has 37 heavy (non-hydrogen) atoms. The minimum absolute atomic E-state index is 0.115. The van der Waals surface area contributed by atoms with Crippen molar-refractivity contribution in [2.45, 2.75) is 25.9 Å². The normalized spacial score (nSPS) is 11.1. The van der Waals surface area contributed by atoms with Crippen molar-refractivity contribution in [1.29, 1.82) is 0 Å². The molecule has 10 heteroatoms. The highest BCUT2D eigenvalue weighted by Gasteiger charge is 2.23. The molecular weight excluding hydrogens is 525 g/mol. The first kappa shape index (κ1) is 25.2. The lowest BCUT2D eigenvalue weighted by atomic mass is 9.99. The van der Waals surface area contributed by atoms with E-state index < -0.39 is 5.97 Å². The average molecular weight is 549 g/mol. The number of carbonyl (C=O) groups is 2. The van der Waals surface area contributed by atoms with Gasteiger partial charge in [0.05, 0.1) is 18.1 Å². The van der Waals surface area contributed by atoms with E-state index in [9.17, 15) is 9.59 Å². The summed E-state index contributed by atoms with van der Waals surface area (Å²) in [6.45, 7) is 6.09. The third-order valence-corrected chi connectivity index (χ3v) is 8.50. The zero-order valence-corrected chi connectivity index (χ0v) is 22.9. The molecule has 5 aromatic rings. The number of thiazole rings is 1. The van der Waals surface area contributed by atoms with Crippen LogP contribution in [0.5, 0.6) is 0 Å². The number of aryl methyl sites for hydroxylation is 2. The predicted octanol–water partition coefficient (Wildman–Crippen LogP) is 6.71. The highest BCUT2D eigenvalue weighted by atomic mass is 32.2. The molecule has 2 aromatic carbocycles. The summed E-state index contributed by atoms with van der Waals surface area (Å²) in [5.41, 5.74) is 6.37. The SMILES string of the molecule is CCOC(=O)c1c(-c2ccc(C)c(C)c2)csc1NC(=O)CSc1nnc2scc(-c3ccccc3)n12. The van der Waals surface area contributed by atoms with Gasteiger partial charge in [-0.2, -0.15) is 0 Å². The summed E-state index contributed by atoms with van der Waals surface area (Å²) in [6.07, 6.45) is 0. The number of nitrogens with zero attached hydrogens (tertiary/aromatic N) is 3. The Bertz CT molecular complexity index is 1590. The van der Waals surface area contributed by atoms with Gasteiger partial charge in [-0.05, 0) is 43.0 Å². The van der Waals surface area contributed by atoms with E-state index in [1.54, 1.807) is 6.92 Å². The highest BCUT2D eigenvalue weighted by Crippen LogP contribution is 2.37. The number of esters is 1. The molecule has 5 rings (SSSR count). The van der Waals surface area contributed by atoms with E-state index >= 15 is 0 Å². The van der Waals surface area contributed by atoms with Crippen molar-refractivity contribution in [3.63, 3.8) is 0 Å². The van der Waals surface area contributed by atoms with Crippen LogP contribution in [0.25, 0.3) is 27.3 Å². The van der Waals surface area contributed by atoms with E-state index in [-0.39, 0.29) is 18.3 Å². The molecule has 0 saturated heterocycles. The Morgan fingerprint density at radius 2 is 1.81 bits per heavy atom. The molecule has 0 aliphatic carbocycles. The fraction of sp³-hybridized carbons (Fsp3) is 0.185. The zero-order chi connectivity index (χ0) is 25.9. The van der Waals surface area contributed by atoms with E-state index in [4.69, 9.17) is 4.74 Å². The number of anilines is 1.